The number of benzene rings is 1. The Balaban J connectivity index is 1.49. The van der Waals surface area contributed by atoms with Crippen LogP contribution in [0.3, 0.4) is 0 Å². The highest BCUT2D eigenvalue weighted by Gasteiger charge is 2.39. The van der Waals surface area contributed by atoms with Gasteiger partial charge in [0.15, 0.2) is 0 Å². The van der Waals surface area contributed by atoms with Crippen molar-refractivity contribution in [3.05, 3.63) is 40.6 Å². The van der Waals surface area contributed by atoms with Gasteiger partial charge in [-0.2, -0.15) is 0 Å². The maximum absolute atomic E-state index is 12.7. The smallest absolute Gasteiger partial charge is 0.254 e. The van der Waals surface area contributed by atoms with E-state index in [1.165, 1.54) is 16.7 Å². The quantitative estimate of drug-likeness (QED) is 0.631. The molecule has 2 saturated heterocycles. The standard InChI is InChI=1S/C20H29N5O2/c1-12-8-13(2)17(14(3)9-12)25-10-16-18(23-25)21-20(22-19(16)27)24-6-4-15(11-26)5-7-24/h8-10,15,18,20-21,23,26H,4-7,11H2,1-3H3,(H,22,27). The molecule has 0 aliphatic carbocycles. The zero-order valence-electron chi connectivity index (χ0n) is 16.2. The van der Waals surface area contributed by atoms with E-state index in [-0.39, 0.29) is 25.0 Å². The van der Waals surface area contributed by atoms with Gasteiger partial charge in [-0.1, -0.05) is 17.7 Å². The number of nitrogens with zero attached hydrogens (tertiary/aromatic N) is 2. The summed E-state index contributed by atoms with van der Waals surface area (Å²) in [6.45, 7) is 8.28. The van der Waals surface area contributed by atoms with E-state index in [0.717, 1.165) is 31.6 Å². The van der Waals surface area contributed by atoms with Crippen molar-refractivity contribution in [3.8, 4) is 0 Å². The first-order valence-electron chi connectivity index (χ1n) is 9.73. The molecule has 2 unspecified atom stereocenters. The molecule has 1 aromatic rings. The normalized spacial score (nSPS) is 26.7. The molecule has 0 aromatic heterocycles. The number of hydrazine groups is 1. The van der Waals surface area contributed by atoms with Gasteiger partial charge in [0.25, 0.3) is 5.91 Å². The van der Waals surface area contributed by atoms with Crippen LogP contribution in [0.2, 0.25) is 0 Å². The highest BCUT2D eigenvalue weighted by Crippen LogP contribution is 2.29. The first-order chi connectivity index (χ1) is 13.0. The Kier molecular flexibility index (Phi) is 4.94. The van der Waals surface area contributed by atoms with Gasteiger partial charge in [-0.05, 0) is 50.7 Å². The number of hydrogen-bond acceptors (Lipinski definition) is 6. The van der Waals surface area contributed by atoms with Crippen LogP contribution in [0.15, 0.2) is 23.9 Å². The SMILES string of the molecule is Cc1cc(C)c(N2C=C3C(=O)NC(N4CCC(CO)CC4)NC3N2)c(C)c1. The van der Waals surface area contributed by atoms with Gasteiger partial charge in [-0.15, -0.1) is 0 Å². The summed E-state index contributed by atoms with van der Waals surface area (Å²) in [4.78, 5) is 14.9. The van der Waals surface area contributed by atoms with E-state index in [4.69, 9.17) is 0 Å². The summed E-state index contributed by atoms with van der Waals surface area (Å²) < 4.78 is 0. The van der Waals surface area contributed by atoms with E-state index in [1.54, 1.807) is 0 Å². The summed E-state index contributed by atoms with van der Waals surface area (Å²) in [5.41, 5.74) is 8.83. The fraction of sp³-hybridized carbons (Fsp3) is 0.550. The minimum Gasteiger partial charge on any atom is -0.396 e. The van der Waals surface area contributed by atoms with E-state index in [1.807, 2.05) is 11.2 Å². The molecule has 27 heavy (non-hydrogen) atoms. The number of aliphatic hydroxyl groups is 1. The summed E-state index contributed by atoms with van der Waals surface area (Å²) >= 11 is 0. The Morgan fingerprint density at radius 1 is 1.15 bits per heavy atom. The van der Waals surface area contributed by atoms with Crippen LogP contribution in [0, 0.1) is 26.7 Å². The molecule has 7 heteroatoms. The molecule has 146 valence electrons. The third-order valence-electron chi connectivity index (χ3n) is 5.85. The molecule has 1 amide bonds. The van der Waals surface area contributed by atoms with Gasteiger partial charge in [-0.25, -0.2) is 5.43 Å². The van der Waals surface area contributed by atoms with Crippen LogP contribution in [0.25, 0.3) is 0 Å². The zero-order chi connectivity index (χ0) is 19.1. The fourth-order valence-corrected chi connectivity index (χ4v) is 4.46. The lowest BCUT2D eigenvalue weighted by atomic mass is 9.98. The summed E-state index contributed by atoms with van der Waals surface area (Å²) in [5.74, 6) is 0.342. The predicted octanol–water partition coefficient (Wildman–Crippen LogP) is 0.854. The zero-order valence-corrected chi connectivity index (χ0v) is 16.2. The molecule has 3 aliphatic rings. The van der Waals surface area contributed by atoms with Crippen molar-refractivity contribution in [3.63, 3.8) is 0 Å². The Hall–Kier alpha value is -1.93. The van der Waals surface area contributed by atoms with Crippen LogP contribution in [-0.2, 0) is 4.79 Å². The van der Waals surface area contributed by atoms with Crippen LogP contribution >= 0.6 is 0 Å². The van der Waals surface area contributed by atoms with Crippen molar-refractivity contribution in [1.29, 1.82) is 0 Å². The highest BCUT2D eigenvalue weighted by molar-refractivity contribution is 5.96. The lowest BCUT2D eigenvalue weighted by Gasteiger charge is -2.41. The van der Waals surface area contributed by atoms with Crippen molar-refractivity contribution in [2.75, 3.05) is 24.7 Å². The molecule has 2 fully saturated rings. The van der Waals surface area contributed by atoms with Gasteiger partial charge in [-0.3, -0.25) is 20.0 Å². The fourth-order valence-electron chi connectivity index (χ4n) is 4.46. The highest BCUT2D eigenvalue weighted by atomic mass is 16.3. The van der Waals surface area contributed by atoms with Crippen LogP contribution in [0.5, 0.6) is 0 Å². The van der Waals surface area contributed by atoms with Gasteiger partial charge in [0, 0.05) is 25.9 Å². The van der Waals surface area contributed by atoms with Crippen molar-refractivity contribution in [1.82, 2.24) is 21.0 Å². The second-order valence-electron chi connectivity index (χ2n) is 7.97. The second-order valence-corrected chi connectivity index (χ2v) is 7.97. The third kappa shape index (κ3) is 3.48. The molecular weight excluding hydrogens is 342 g/mol. The first-order valence-corrected chi connectivity index (χ1v) is 9.73. The number of carbonyl (C=O) groups is 1. The molecule has 3 aliphatic heterocycles. The van der Waals surface area contributed by atoms with Gasteiger partial charge in [0.05, 0.1) is 11.3 Å². The molecule has 1 aromatic carbocycles. The Bertz CT molecular complexity index is 747. The summed E-state index contributed by atoms with van der Waals surface area (Å²) in [5, 5.41) is 17.9. The molecule has 2 atom stereocenters. The Morgan fingerprint density at radius 3 is 2.44 bits per heavy atom. The molecule has 0 saturated carbocycles. The van der Waals surface area contributed by atoms with Crippen molar-refractivity contribution in [2.24, 2.45) is 5.92 Å². The lowest BCUT2D eigenvalue weighted by molar-refractivity contribution is -0.122. The third-order valence-corrected chi connectivity index (χ3v) is 5.85. The van der Waals surface area contributed by atoms with E-state index < -0.39 is 0 Å². The van der Waals surface area contributed by atoms with Crippen molar-refractivity contribution < 1.29 is 9.90 Å². The topological polar surface area (TPSA) is 79.9 Å². The molecular formula is C20H29N5O2. The first kappa shape index (κ1) is 18.4. The number of likely N-dealkylation sites (tertiary alicyclic amines) is 1. The lowest BCUT2D eigenvalue weighted by Crippen LogP contribution is -2.67. The van der Waals surface area contributed by atoms with Crippen LogP contribution in [0.1, 0.15) is 29.5 Å². The maximum Gasteiger partial charge on any atom is 0.254 e. The average molecular weight is 371 g/mol. The number of piperidine rings is 1. The van der Waals surface area contributed by atoms with E-state index >= 15 is 0 Å². The number of aliphatic hydroxyl groups excluding tert-OH is 1. The summed E-state index contributed by atoms with van der Waals surface area (Å²) in [7, 11) is 0. The van der Waals surface area contributed by atoms with Crippen LogP contribution in [0.4, 0.5) is 5.69 Å². The van der Waals surface area contributed by atoms with Crippen LogP contribution in [-0.4, -0.2) is 48.1 Å². The van der Waals surface area contributed by atoms with E-state index in [0.29, 0.717) is 11.5 Å². The number of nitrogens with one attached hydrogen (secondary N) is 3. The summed E-state index contributed by atoms with van der Waals surface area (Å²) in [6, 6.07) is 4.32. The number of aryl methyl sites for hydroxylation is 3. The largest absolute Gasteiger partial charge is 0.396 e. The molecule has 4 rings (SSSR count). The van der Waals surface area contributed by atoms with E-state index in [2.05, 4.69) is 53.9 Å². The number of carbonyl (C=O) groups excluding carboxylic acids is 1. The predicted molar refractivity (Wildman–Crippen MR) is 105 cm³/mol. The summed E-state index contributed by atoms with van der Waals surface area (Å²) in [6.07, 6.45) is 3.41. The Labute approximate surface area is 160 Å². The van der Waals surface area contributed by atoms with E-state index in [9.17, 15) is 9.90 Å². The molecule has 0 bridgehead atoms. The number of fused-ring (bicyclic) bond motifs is 1. The monoisotopic (exact) mass is 371 g/mol. The second kappa shape index (κ2) is 7.24. The van der Waals surface area contributed by atoms with Crippen molar-refractivity contribution >= 4 is 11.6 Å². The number of hydrogen-bond donors (Lipinski definition) is 4. The minimum absolute atomic E-state index is 0.0366. The van der Waals surface area contributed by atoms with Gasteiger partial charge >= 0.3 is 0 Å². The molecule has 0 radical (unpaired) electrons. The van der Waals surface area contributed by atoms with Crippen LogP contribution < -0.4 is 21.1 Å². The van der Waals surface area contributed by atoms with Gasteiger partial charge in [0.1, 0.15) is 12.5 Å². The number of anilines is 1. The maximum atomic E-state index is 12.7. The van der Waals surface area contributed by atoms with Gasteiger partial charge in [0.2, 0.25) is 0 Å². The van der Waals surface area contributed by atoms with Gasteiger partial charge < -0.3 is 10.4 Å². The number of rotatable bonds is 3. The number of amides is 1. The molecule has 0 spiro atoms. The Morgan fingerprint density at radius 2 is 1.81 bits per heavy atom. The molecule has 7 nitrogen and oxygen atoms in total. The van der Waals surface area contributed by atoms with Crippen molar-refractivity contribution in [2.45, 2.75) is 46.1 Å². The minimum atomic E-state index is -0.209. The molecule has 3 heterocycles. The average Bonchev–Trinajstić information content (AvgIpc) is 3.05. The molecule has 4 N–H and O–H groups in total.